The molecule has 1 atom stereocenters. The van der Waals surface area contributed by atoms with E-state index >= 15 is 0 Å². The number of benzene rings is 2. The number of anilines is 3. The van der Waals surface area contributed by atoms with Gasteiger partial charge in [0.05, 0.1) is 18.9 Å². The molecule has 0 aliphatic carbocycles. The number of rotatable bonds is 9. The van der Waals surface area contributed by atoms with Crippen LogP contribution in [0.15, 0.2) is 71.3 Å². The van der Waals surface area contributed by atoms with Gasteiger partial charge in [-0.15, -0.1) is 0 Å². The molecular formula is C25H26N4O5. The molecule has 3 amide bonds. The number of hydrogen-bond acceptors (Lipinski definition) is 6. The van der Waals surface area contributed by atoms with Gasteiger partial charge in [-0.2, -0.15) is 0 Å². The first-order valence-corrected chi connectivity index (χ1v) is 11.1. The number of hydrogen-bond donors (Lipinski definition) is 4. The van der Waals surface area contributed by atoms with Crippen LogP contribution in [0.3, 0.4) is 0 Å². The molecule has 1 aliphatic rings. The van der Waals surface area contributed by atoms with Gasteiger partial charge in [0.15, 0.2) is 5.76 Å². The van der Waals surface area contributed by atoms with Gasteiger partial charge >= 0.3 is 0 Å². The second-order valence-electron chi connectivity index (χ2n) is 7.84. The van der Waals surface area contributed by atoms with Crippen LogP contribution in [0.2, 0.25) is 0 Å². The van der Waals surface area contributed by atoms with E-state index in [0.29, 0.717) is 29.2 Å². The lowest BCUT2D eigenvalue weighted by molar-refractivity contribution is -0.114. The minimum Gasteiger partial charge on any atom is -0.459 e. The molecule has 0 bridgehead atoms. The third-order valence-corrected chi connectivity index (χ3v) is 5.26. The molecule has 1 aromatic heterocycles. The Kier molecular flexibility index (Phi) is 7.56. The lowest BCUT2D eigenvalue weighted by Gasteiger charge is -2.12. The van der Waals surface area contributed by atoms with Crippen molar-refractivity contribution in [3.63, 3.8) is 0 Å². The molecule has 1 aliphatic heterocycles. The second kappa shape index (κ2) is 11.2. The summed E-state index contributed by atoms with van der Waals surface area (Å²) in [6.07, 6.45) is 3.50. The molecule has 0 saturated carbocycles. The van der Waals surface area contributed by atoms with Gasteiger partial charge in [0.2, 0.25) is 5.91 Å². The molecule has 2 aromatic carbocycles. The second-order valence-corrected chi connectivity index (χ2v) is 7.84. The van der Waals surface area contributed by atoms with Gasteiger partial charge < -0.3 is 30.4 Å². The highest BCUT2D eigenvalue weighted by Crippen LogP contribution is 2.17. The molecule has 176 valence electrons. The van der Waals surface area contributed by atoms with Crippen molar-refractivity contribution in [3.05, 3.63) is 78.3 Å². The molecule has 1 unspecified atom stereocenters. The van der Waals surface area contributed by atoms with E-state index in [-0.39, 0.29) is 36.1 Å². The number of amides is 3. The Bertz CT molecular complexity index is 1120. The highest BCUT2D eigenvalue weighted by Gasteiger charge is 2.16. The fourth-order valence-corrected chi connectivity index (χ4v) is 3.51. The van der Waals surface area contributed by atoms with Crippen molar-refractivity contribution < 1.29 is 23.5 Å². The highest BCUT2D eigenvalue weighted by atomic mass is 16.5. The molecule has 9 nitrogen and oxygen atoms in total. The normalized spacial score (nSPS) is 14.9. The first kappa shape index (κ1) is 23.1. The summed E-state index contributed by atoms with van der Waals surface area (Å²) in [4.78, 5) is 36.7. The maximum atomic E-state index is 12.3. The van der Waals surface area contributed by atoms with Gasteiger partial charge in [-0.05, 0) is 67.4 Å². The summed E-state index contributed by atoms with van der Waals surface area (Å²) in [5.41, 5.74) is 2.34. The average Bonchev–Trinajstić information content (AvgIpc) is 3.57. The molecular weight excluding hydrogens is 436 g/mol. The van der Waals surface area contributed by atoms with Crippen LogP contribution < -0.4 is 21.3 Å². The summed E-state index contributed by atoms with van der Waals surface area (Å²) in [7, 11) is 0. The van der Waals surface area contributed by atoms with E-state index < -0.39 is 0 Å². The van der Waals surface area contributed by atoms with Crippen LogP contribution in [0.25, 0.3) is 0 Å². The Morgan fingerprint density at radius 2 is 1.71 bits per heavy atom. The largest absolute Gasteiger partial charge is 0.459 e. The SMILES string of the molecule is O=C(CNc1cccc(NC(=O)c2ccco2)c1)Nc1ccc(C(=O)NCC2CCCO2)cc1. The van der Waals surface area contributed by atoms with Crippen LogP contribution >= 0.6 is 0 Å². The van der Waals surface area contributed by atoms with Crippen LogP contribution in [0.4, 0.5) is 17.1 Å². The number of carbonyl (C=O) groups is 3. The molecule has 4 N–H and O–H groups in total. The molecule has 4 rings (SSSR count). The Morgan fingerprint density at radius 3 is 2.44 bits per heavy atom. The van der Waals surface area contributed by atoms with E-state index in [4.69, 9.17) is 9.15 Å². The van der Waals surface area contributed by atoms with Crippen LogP contribution in [-0.2, 0) is 9.53 Å². The maximum absolute atomic E-state index is 12.3. The Labute approximate surface area is 196 Å². The minimum atomic E-state index is -0.358. The monoisotopic (exact) mass is 462 g/mol. The average molecular weight is 463 g/mol. The van der Waals surface area contributed by atoms with Gasteiger partial charge in [0.25, 0.3) is 11.8 Å². The summed E-state index contributed by atoms with van der Waals surface area (Å²) in [5.74, 6) is -0.567. The predicted octanol–water partition coefficient (Wildman–Crippen LogP) is 3.49. The van der Waals surface area contributed by atoms with E-state index in [2.05, 4.69) is 21.3 Å². The third-order valence-electron chi connectivity index (χ3n) is 5.26. The summed E-state index contributed by atoms with van der Waals surface area (Å²) < 4.78 is 10.6. The van der Waals surface area contributed by atoms with Crippen LogP contribution in [-0.4, -0.2) is 43.5 Å². The van der Waals surface area contributed by atoms with Gasteiger partial charge in [0.1, 0.15) is 0 Å². The topological polar surface area (TPSA) is 122 Å². The summed E-state index contributed by atoms with van der Waals surface area (Å²) in [6, 6.07) is 16.9. The van der Waals surface area contributed by atoms with Gasteiger partial charge in [0, 0.05) is 35.8 Å². The quantitative estimate of drug-likeness (QED) is 0.386. The van der Waals surface area contributed by atoms with E-state index in [1.807, 2.05) is 0 Å². The molecule has 2 heterocycles. The fraction of sp³-hybridized carbons (Fsp3) is 0.240. The first-order valence-electron chi connectivity index (χ1n) is 11.1. The smallest absolute Gasteiger partial charge is 0.291 e. The zero-order valence-corrected chi connectivity index (χ0v) is 18.5. The van der Waals surface area contributed by atoms with Crippen LogP contribution in [0, 0.1) is 0 Å². The Hall–Kier alpha value is -4.11. The summed E-state index contributed by atoms with van der Waals surface area (Å²) in [5, 5.41) is 11.4. The van der Waals surface area contributed by atoms with Gasteiger partial charge in [-0.25, -0.2) is 0 Å². The van der Waals surface area contributed by atoms with Crippen LogP contribution in [0.5, 0.6) is 0 Å². The zero-order valence-electron chi connectivity index (χ0n) is 18.5. The number of nitrogens with one attached hydrogen (secondary N) is 4. The zero-order chi connectivity index (χ0) is 23.8. The van der Waals surface area contributed by atoms with E-state index in [0.717, 1.165) is 19.4 Å². The van der Waals surface area contributed by atoms with Crippen molar-refractivity contribution in [2.75, 3.05) is 35.6 Å². The van der Waals surface area contributed by atoms with Crippen LogP contribution in [0.1, 0.15) is 33.8 Å². The summed E-state index contributed by atoms with van der Waals surface area (Å²) in [6.45, 7) is 1.27. The molecule has 0 spiro atoms. The van der Waals surface area contributed by atoms with Crippen molar-refractivity contribution >= 4 is 34.8 Å². The Balaban J connectivity index is 1.23. The predicted molar refractivity (Wildman–Crippen MR) is 128 cm³/mol. The number of furan rings is 1. The molecule has 0 radical (unpaired) electrons. The lowest BCUT2D eigenvalue weighted by Crippen LogP contribution is -2.31. The standard InChI is InChI=1S/C25H26N4O5/c30-23(16-26-19-4-1-5-20(14-19)29-25(32)22-7-3-13-34-22)28-18-10-8-17(9-11-18)24(31)27-15-21-6-2-12-33-21/h1,3-5,7-11,13-14,21,26H,2,6,12,15-16H2,(H,27,31)(H,28,30)(H,29,32). The third kappa shape index (κ3) is 6.46. The maximum Gasteiger partial charge on any atom is 0.291 e. The number of carbonyl (C=O) groups excluding carboxylic acids is 3. The van der Waals surface area contributed by atoms with E-state index in [1.165, 1.54) is 6.26 Å². The van der Waals surface area contributed by atoms with Crippen molar-refractivity contribution in [3.8, 4) is 0 Å². The molecule has 3 aromatic rings. The number of ether oxygens (including phenoxy) is 1. The van der Waals surface area contributed by atoms with Crippen molar-refractivity contribution in [1.29, 1.82) is 0 Å². The van der Waals surface area contributed by atoms with Gasteiger partial charge in [-0.1, -0.05) is 6.07 Å². The van der Waals surface area contributed by atoms with E-state index in [9.17, 15) is 14.4 Å². The fourth-order valence-electron chi connectivity index (χ4n) is 3.51. The molecule has 34 heavy (non-hydrogen) atoms. The molecule has 1 saturated heterocycles. The van der Waals surface area contributed by atoms with E-state index in [1.54, 1.807) is 60.7 Å². The van der Waals surface area contributed by atoms with Crippen molar-refractivity contribution in [1.82, 2.24) is 5.32 Å². The Morgan fingerprint density at radius 1 is 0.882 bits per heavy atom. The molecule has 9 heteroatoms. The highest BCUT2D eigenvalue weighted by molar-refractivity contribution is 6.02. The summed E-state index contributed by atoms with van der Waals surface area (Å²) >= 11 is 0. The van der Waals surface area contributed by atoms with Crippen molar-refractivity contribution in [2.24, 2.45) is 0 Å². The lowest BCUT2D eigenvalue weighted by atomic mass is 10.2. The van der Waals surface area contributed by atoms with Gasteiger partial charge in [-0.3, -0.25) is 14.4 Å². The van der Waals surface area contributed by atoms with Crippen molar-refractivity contribution in [2.45, 2.75) is 18.9 Å². The minimum absolute atomic E-state index is 0.0270. The first-order chi connectivity index (χ1) is 16.6. The molecule has 1 fully saturated rings.